The maximum atomic E-state index is 11.4. The van der Waals surface area contributed by atoms with Gasteiger partial charge in [0.15, 0.2) is 0 Å². The van der Waals surface area contributed by atoms with Gasteiger partial charge in [0.05, 0.1) is 21.5 Å². The lowest BCUT2D eigenvalue weighted by molar-refractivity contribution is -0.384. The number of fused-ring (bicyclic) bond motifs is 3. The molecule has 5 heteroatoms. The van der Waals surface area contributed by atoms with Crippen LogP contribution in [0.2, 0.25) is 5.02 Å². The Balaban J connectivity index is 1.69. The Bertz CT molecular complexity index is 1330. The summed E-state index contributed by atoms with van der Waals surface area (Å²) in [6.07, 6.45) is 0. The van der Waals surface area contributed by atoms with Gasteiger partial charge in [0.1, 0.15) is 0 Å². The van der Waals surface area contributed by atoms with Crippen molar-refractivity contribution in [2.45, 2.75) is 0 Å². The Kier molecular flexibility index (Phi) is 4.07. The Hall–Kier alpha value is -3.63. The average molecular weight is 399 g/mol. The van der Waals surface area contributed by atoms with Crippen LogP contribution < -0.4 is 0 Å². The number of hydrogen-bond acceptors (Lipinski definition) is 2. The summed E-state index contributed by atoms with van der Waals surface area (Å²) in [5.41, 5.74) is 4.54. The quantitative estimate of drug-likeness (QED) is 0.242. The average Bonchev–Trinajstić information content (AvgIpc) is 3.08. The van der Waals surface area contributed by atoms with Crippen LogP contribution in [0.1, 0.15) is 0 Å². The largest absolute Gasteiger partial charge is 0.309 e. The van der Waals surface area contributed by atoms with Crippen LogP contribution in [-0.4, -0.2) is 9.49 Å². The van der Waals surface area contributed by atoms with Gasteiger partial charge in [0, 0.05) is 27.5 Å². The Morgan fingerprint density at radius 1 is 0.759 bits per heavy atom. The summed E-state index contributed by atoms with van der Waals surface area (Å²) in [6.45, 7) is 0. The van der Waals surface area contributed by atoms with Crippen LogP contribution in [0, 0.1) is 10.1 Å². The van der Waals surface area contributed by atoms with Crippen molar-refractivity contribution in [3.63, 3.8) is 0 Å². The van der Waals surface area contributed by atoms with E-state index in [-0.39, 0.29) is 10.6 Å². The number of halogens is 1. The summed E-state index contributed by atoms with van der Waals surface area (Å²) in [7, 11) is 0. The fourth-order valence-corrected chi connectivity index (χ4v) is 4.06. The maximum absolute atomic E-state index is 11.4. The van der Waals surface area contributed by atoms with E-state index in [1.54, 1.807) is 6.07 Å². The smallest absolute Gasteiger partial charge is 0.277 e. The number of aromatic nitrogens is 1. The molecule has 29 heavy (non-hydrogen) atoms. The first-order valence-electron chi connectivity index (χ1n) is 9.16. The molecule has 0 saturated carbocycles. The van der Waals surface area contributed by atoms with E-state index in [1.807, 2.05) is 48.5 Å². The molecule has 0 radical (unpaired) electrons. The molecule has 0 N–H and O–H groups in total. The normalized spacial score (nSPS) is 11.2. The highest BCUT2D eigenvalue weighted by molar-refractivity contribution is 6.31. The zero-order chi connectivity index (χ0) is 20.0. The number of hydrogen-bond donors (Lipinski definition) is 0. The molecule has 0 fully saturated rings. The second-order valence-corrected chi connectivity index (χ2v) is 7.27. The standard InChI is InChI=1S/C24H15ClN2O2/c25-17-11-14-24(27(28)29)21(15-17)16-9-12-18(13-10-16)26-22-7-3-1-5-19(22)20-6-2-4-8-23(20)26/h1-15H. The predicted molar refractivity (Wildman–Crippen MR) is 118 cm³/mol. The lowest BCUT2D eigenvalue weighted by atomic mass is 10.0. The molecule has 4 nitrogen and oxygen atoms in total. The fraction of sp³-hybridized carbons (Fsp3) is 0. The second kappa shape index (κ2) is 6.76. The molecule has 1 aromatic heterocycles. The van der Waals surface area contributed by atoms with Crippen molar-refractivity contribution in [2.24, 2.45) is 0 Å². The molecule has 0 saturated heterocycles. The van der Waals surface area contributed by atoms with Crippen molar-refractivity contribution in [2.75, 3.05) is 0 Å². The second-order valence-electron chi connectivity index (χ2n) is 6.84. The number of nitrogens with zero attached hydrogens (tertiary/aromatic N) is 2. The van der Waals surface area contributed by atoms with Gasteiger partial charge >= 0.3 is 0 Å². The van der Waals surface area contributed by atoms with E-state index >= 15 is 0 Å². The molecular weight excluding hydrogens is 384 g/mol. The molecule has 0 bridgehead atoms. The van der Waals surface area contributed by atoms with Crippen molar-refractivity contribution in [3.05, 3.63) is 106 Å². The van der Waals surface area contributed by atoms with Crippen molar-refractivity contribution >= 4 is 39.1 Å². The van der Waals surface area contributed by atoms with Crippen LogP contribution in [0.4, 0.5) is 5.69 Å². The molecule has 140 valence electrons. The van der Waals surface area contributed by atoms with E-state index in [4.69, 9.17) is 11.6 Å². The van der Waals surface area contributed by atoms with E-state index in [1.165, 1.54) is 22.9 Å². The lowest BCUT2D eigenvalue weighted by Crippen LogP contribution is -1.95. The number of benzene rings is 4. The number of nitro benzene ring substituents is 1. The molecule has 0 aliphatic heterocycles. The molecule has 5 rings (SSSR count). The van der Waals surface area contributed by atoms with E-state index in [0.29, 0.717) is 10.6 Å². The SMILES string of the molecule is O=[N+]([O-])c1ccc(Cl)cc1-c1ccc(-n2c3ccccc3c3ccccc32)cc1. The van der Waals surface area contributed by atoms with E-state index in [2.05, 4.69) is 28.8 Å². The lowest BCUT2D eigenvalue weighted by Gasteiger charge is -2.10. The summed E-state index contributed by atoms with van der Waals surface area (Å²) >= 11 is 6.09. The third-order valence-electron chi connectivity index (χ3n) is 5.17. The molecule has 0 amide bonds. The van der Waals surface area contributed by atoms with Crippen molar-refractivity contribution < 1.29 is 4.92 Å². The summed E-state index contributed by atoms with van der Waals surface area (Å²) in [4.78, 5) is 11.0. The van der Waals surface area contributed by atoms with Gasteiger partial charge in [-0.25, -0.2) is 0 Å². The first-order valence-corrected chi connectivity index (χ1v) is 9.54. The highest BCUT2D eigenvalue weighted by Crippen LogP contribution is 2.35. The van der Waals surface area contributed by atoms with Crippen LogP contribution in [-0.2, 0) is 0 Å². The minimum Gasteiger partial charge on any atom is -0.309 e. The van der Waals surface area contributed by atoms with E-state index in [9.17, 15) is 10.1 Å². The first kappa shape index (κ1) is 17.5. The van der Waals surface area contributed by atoms with Gasteiger partial charge in [-0.15, -0.1) is 0 Å². The minimum atomic E-state index is -0.382. The van der Waals surface area contributed by atoms with Crippen molar-refractivity contribution in [1.29, 1.82) is 0 Å². The van der Waals surface area contributed by atoms with Gasteiger partial charge in [-0.05, 0) is 42.0 Å². The third kappa shape index (κ3) is 2.85. The van der Waals surface area contributed by atoms with Crippen LogP contribution in [0.15, 0.2) is 91.0 Å². The predicted octanol–water partition coefficient (Wildman–Crippen LogP) is 7.01. The summed E-state index contributed by atoms with van der Waals surface area (Å²) in [6, 6.07) is 29.0. The zero-order valence-corrected chi connectivity index (χ0v) is 16.0. The Morgan fingerprint density at radius 2 is 1.34 bits per heavy atom. The van der Waals surface area contributed by atoms with Gasteiger partial charge in [-0.2, -0.15) is 0 Å². The first-order chi connectivity index (χ1) is 14.1. The van der Waals surface area contributed by atoms with Crippen molar-refractivity contribution in [1.82, 2.24) is 4.57 Å². The van der Waals surface area contributed by atoms with Crippen LogP contribution in [0.5, 0.6) is 0 Å². The van der Waals surface area contributed by atoms with E-state index < -0.39 is 0 Å². The van der Waals surface area contributed by atoms with Gasteiger partial charge in [-0.1, -0.05) is 60.1 Å². The summed E-state index contributed by atoms with van der Waals surface area (Å²) in [5.74, 6) is 0. The number of rotatable bonds is 3. The molecule has 1 heterocycles. The molecule has 0 aliphatic rings. The van der Waals surface area contributed by atoms with Crippen LogP contribution in [0.25, 0.3) is 38.6 Å². The minimum absolute atomic E-state index is 0.0408. The molecule has 5 aromatic rings. The van der Waals surface area contributed by atoms with Gasteiger partial charge in [0.2, 0.25) is 0 Å². The monoisotopic (exact) mass is 398 g/mol. The molecule has 4 aromatic carbocycles. The molecule has 0 spiro atoms. The third-order valence-corrected chi connectivity index (χ3v) is 5.41. The van der Waals surface area contributed by atoms with E-state index in [0.717, 1.165) is 22.3 Å². The molecule has 0 atom stereocenters. The van der Waals surface area contributed by atoms with Gasteiger partial charge in [-0.3, -0.25) is 10.1 Å². The highest BCUT2D eigenvalue weighted by Gasteiger charge is 2.16. The Labute approximate surface area is 171 Å². The van der Waals surface area contributed by atoms with Crippen LogP contribution >= 0.6 is 11.6 Å². The summed E-state index contributed by atoms with van der Waals surface area (Å²) < 4.78 is 2.21. The molecule has 0 unspecified atom stereocenters. The van der Waals surface area contributed by atoms with Gasteiger partial charge in [0.25, 0.3) is 5.69 Å². The molecule has 0 aliphatic carbocycles. The maximum Gasteiger partial charge on any atom is 0.277 e. The number of nitro groups is 1. The number of para-hydroxylation sites is 2. The zero-order valence-electron chi connectivity index (χ0n) is 15.2. The van der Waals surface area contributed by atoms with Crippen molar-refractivity contribution in [3.8, 4) is 16.8 Å². The van der Waals surface area contributed by atoms with Crippen LogP contribution in [0.3, 0.4) is 0 Å². The fourth-order valence-electron chi connectivity index (χ4n) is 3.89. The van der Waals surface area contributed by atoms with Gasteiger partial charge < -0.3 is 4.57 Å². The Morgan fingerprint density at radius 3 is 1.93 bits per heavy atom. The summed E-state index contributed by atoms with van der Waals surface area (Å²) in [5, 5.41) is 14.3. The molecular formula is C24H15ClN2O2. The highest BCUT2D eigenvalue weighted by atomic mass is 35.5. The topological polar surface area (TPSA) is 48.1 Å².